The summed E-state index contributed by atoms with van der Waals surface area (Å²) in [6.07, 6.45) is 3.74. The number of ketones is 1. The first-order chi connectivity index (χ1) is 16.0. The van der Waals surface area contributed by atoms with Crippen LogP contribution in [0.15, 0.2) is 83.3 Å². The number of carbonyl (C=O) groups excluding carboxylic acids is 1. The van der Waals surface area contributed by atoms with Gasteiger partial charge >= 0.3 is 0 Å². The summed E-state index contributed by atoms with van der Waals surface area (Å²) in [5.41, 5.74) is 1.45. The van der Waals surface area contributed by atoms with E-state index >= 15 is 0 Å². The summed E-state index contributed by atoms with van der Waals surface area (Å²) in [4.78, 5) is 16.0. The molecule has 2 heterocycles. The standard InChI is InChI=1S/C27H17BrClN3O/c28-21-9-5-4-8-20(21)24-25(26(33)17-6-2-1-3-7-17)32-22-12-11-19(29)14-18(22)10-13-23(32)27(24,15-30)16-31/h1-14,23-25H. The Labute approximate surface area is 205 Å². The van der Waals surface area contributed by atoms with E-state index in [0.717, 1.165) is 21.3 Å². The third-order valence-corrected chi connectivity index (χ3v) is 7.49. The van der Waals surface area contributed by atoms with Crippen molar-refractivity contribution in [3.05, 3.63) is 105 Å². The molecule has 3 aromatic carbocycles. The van der Waals surface area contributed by atoms with Crippen molar-refractivity contribution < 1.29 is 4.79 Å². The number of benzene rings is 3. The molecule has 3 aromatic rings. The summed E-state index contributed by atoms with van der Waals surface area (Å²) >= 11 is 9.85. The molecule has 0 amide bonds. The minimum absolute atomic E-state index is 0.134. The zero-order valence-electron chi connectivity index (χ0n) is 17.3. The lowest BCUT2D eigenvalue weighted by Crippen LogP contribution is -2.44. The second-order valence-electron chi connectivity index (χ2n) is 8.18. The van der Waals surface area contributed by atoms with Gasteiger partial charge in [0, 0.05) is 26.7 Å². The number of fused-ring (bicyclic) bond motifs is 3. The fraction of sp³-hybridized carbons (Fsp3) is 0.148. The minimum Gasteiger partial charge on any atom is -0.351 e. The van der Waals surface area contributed by atoms with Crippen LogP contribution in [0.3, 0.4) is 0 Å². The van der Waals surface area contributed by atoms with Crippen LogP contribution in [-0.4, -0.2) is 17.9 Å². The van der Waals surface area contributed by atoms with Gasteiger partial charge in [0.15, 0.2) is 11.2 Å². The van der Waals surface area contributed by atoms with Crippen molar-refractivity contribution in [1.82, 2.24) is 0 Å². The summed E-state index contributed by atoms with van der Waals surface area (Å²) in [6, 6.07) is 25.3. The monoisotopic (exact) mass is 513 g/mol. The van der Waals surface area contributed by atoms with Gasteiger partial charge in [-0.25, -0.2) is 0 Å². The van der Waals surface area contributed by atoms with E-state index in [-0.39, 0.29) is 5.78 Å². The van der Waals surface area contributed by atoms with Crippen molar-refractivity contribution in [1.29, 1.82) is 10.5 Å². The van der Waals surface area contributed by atoms with Gasteiger partial charge in [-0.2, -0.15) is 10.5 Å². The molecular weight excluding hydrogens is 498 g/mol. The summed E-state index contributed by atoms with van der Waals surface area (Å²) in [6.45, 7) is 0. The SMILES string of the molecule is N#CC1(C#N)C(c2ccccc2Br)C(C(=O)c2ccccc2)N2c3ccc(Cl)cc3C=CC21. The Kier molecular flexibility index (Phi) is 5.33. The van der Waals surface area contributed by atoms with Crippen molar-refractivity contribution in [3.63, 3.8) is 0 Å². The average molecular weight is 515 g/mol. The second kappa shape index (κ2) is 8.19. The van der Waals surface area contributed by atoms with Gasteiger partial charge in [-0.1, -0.05) is 88.2 Å². The molecule has 0 radical (unpaired) electrons. The van der Waals surface area contributed by atoms with Crippen LogP contribution in [0.1, 0.15) is 27.4 Å². The zero-order valence-corrected chi connectivity index (χ0v) is 19.7. The summed E-state index contributed by atoms with van der Waals surface area (Å²) in [7, 11) is 0. The van der Waals surface area contributed by atoms with Crippen molar-refractivity contribution >= 4 is 45.1 Å². The van der Waals surface area contributed by atoms with Crippen molar-refractivity contribution in [3.8, 4) is 12.1 Å². The maximum Gasteiger partial charge on any atom is 0.185 e. The summed E-state index contributed by atoms with van der Waals surface area (Å²) < 4.78 is 0.760. The smallest absolute Gasteiger partial charge is 0.185 e. The average Bonchev–Trinajstić information content (AvgIpc) is 3.14. The lowest BCUT2D eigenvalue weighted by Gasteiger charge is -2.35. The Bertz CT molecular complexity index is 1360. The van der Waals surface area contributed by atoms with Gasteiger partial charge < -0.3 is 4.90 Å². The van der Waals surface area contributed by atoms with Crippen LogP contribution in [0.2, 0.25) is 5.02 Å². The van der Waals surface area contributed by atoms with E-state index in [9.17, 15) is 15.3 Å². The lowest BCUT2D eigenvalue weighted by molar-refractivity contribution is 0.0951. The molecule has 2 aliphatic heterocycles. The number of hydrogen-bond acceptors (Lipinski definition) is 4. The topological polar surface area (TPSA) is 67.9 Å². The van der Waals surface area contributed by atoms with Gasteiger partial charge in [0.2, 0.25) is 0 Å². The molecular formula is C27H17BrClN3O. The first-order valence-electron chi connectivity index (χ1n) is 10.4. The van der Waals surface area contributed by atoms with E-state index in [1.807, 2.05) is 71.6 Å². The molecule has 0 bridgehead atoms. The predicted octanol–water partition coefficient (Wildman–Crippen LogP) is 6.39. The van der Waals surface area contributed by atoms with E-state index in [0.29, 0.717) is 10.6 Å². The number of nitriles is 2. The Morgan fingerprint density at radius 2 is 1.70 bits per heavy atom. The molecule has 0 N–H and O–H groups in total. The summed E-state index contributed by atoms with van der Waals surface area (Å²) in [5, 5.41) is 21.5. The second-order valence-corrected chi connectivity index (χ2v) is 9.47. The van der Waals surface area contributed by atoms with Crippen LogP contribution in [0.25, 0.3) is 6.08 Å². The Morgan fingerprint density at radius 1 is 1.00 bits per heavy atom. The Balaban J connectivity index is 1.81. The highest BCUT2D eigenvalue weighted by molar-refractivity contribution is 9.10. The minimum atomic E-state index is -1.48. The van der Waals surface area contributed by atoms with Crippen LogP contribution >= 0.6 is 27.5 Å². The number of carbonyl (C=O) groups is 1. The Morgan fingerprint density at radius 3 is 2.39 bits per heavy atom. The molecule has 3 atom stereocenters. The Hall–Kier alpha value is -3.38. The maximum absolute atomic E-state index is 14.1. The van der Waals surface area contributed by atoms with E-state index in [1.54, 1.807) is 18.2 Å². The third kappa shape index (κ3) is 3.20. The molecule has 4 nitrogen and oxygen atoms in total. The van der Waals surface area contributed by atoms with Crippen molar-refractivity contribution in [2.45, 2.75) is 18.0 Å². The first kappa shape index (κ1) is 21.5. The van der Waals surface area contributed by atoms with Crippen molar-refractivity contribution in [2.24, 2.45) is 5.41 Å². The molecule has 0 saturated carbocycles. The number of hydrogen-bond donors (Lipinski definition) is 0. The molecule has 1 saturated heterocycles. The molecule has 5 rings (SSSR count). The van der Waals surface area contributed by atoms with E-state index in [1.165, 1.54) is 0 Å². The molecule has 33 heavy (non-hydrogen) atoms. The van der Waals surface area contributed by atoms with Gasteiger partial charge in [-0.3, -0.25) is 4.79 Å². The molecule has 6 heteroatoms. The largest absolute Gasteiger partial charge is 0.351 e. The van der Waals surface area contributed by atoms with Crippen LogP contribution in [0.5, 0.6) is 0 Å². The quantitative estimate of drug-likeness (QED) is 0.380. The normalized spacial score (nSPS) is 22.1. The fourth-order valence-corrected chi connectivity index (χ4v) is 5.82. The predicted molar refractivity (Wildman–Crippen MR) is 132 cm³/mol. The molecule has 0 spiro atoms. The molecule has 1 fully saturated rings. The van der Waals surface area contributed by atoms with E-state index in [4.69, 9.17) is 11.6 Å². The molecule has 3 unspecified atom stereocenters. The number of nitrogens with zero attached hydrogens (tertiary/aromatic N) is 3. The van der Waals surface area contributed by atoms with Gasteiger partial charge in [0.1, 0.15) is 6.04 Å². The van der Waals surface area contributed by atoms with Crippen LogP contribution in [0, 0.1) is 28.1 Å². The highest BCUT2D eigenvalue weighted by Crippen LogP contribution is 2.56. The van der Waals surface area contributed by atoms with Crippen LogP contribution in [0.4, 0.5) is 5.69 Å². The van der Waals surface area contributed by atoms with Gasteiger partial charge in [-0.05, 0) is 35.4 Å². The maximum atomic E-state index is 14.1. The molecule has 160 valence electrons. The molecule has 2 aliphatic rings. The van der Waals surface area contributed by atoms with Crippen molar-refractivity contribution in [2.75, 3.05) is 4.90 Å². The fourth-order valence-electron chi connectivity index (χ4n) is 5.11. The number of anilines is 1. The third-order valence-electron chi connectivity index (χ3n) is 6.54. The number of halogens is 2. The highest BCUT2D eigenvalue weighted by atomic mass is 79.9. The molecule has 0 aliphatic carbocycles. The number of rotatable bonds is 3. The van der Waals surface area contributed by atoms with Gasteiger partial charge in [0.05, 0.1) is 18.2 Å². The summed E-state index contributed by atoms with van der Waals surface area (Å²) in [5.74, 6) is -0.822. The number of Topliss-reactive ketones (excluding diaryl/α,β-unsaturated/α-hetero) is 1. The van der Waals surface area contributed by atoms with E-state index in [2.05, 4.69) is 28.1 Å². The van der Waals surface area contributed by atoms with E-state index < -0.39 is 23.4 Å². The molecule has 0 aromatic heterocycles. The van der Waals surface area contributed by atoms with Crippen LogP contribution < -0.4 is 4.90 Å². The lowest BCUT2D eigenvalue weighted by atomic mass is 9.69. The highest BCUT2D eigenvalue weighted by Gasteiger charge is 2.63. The van der Waals surface area contributed by atoms with Gasteiger partial charge in [0.25, 0.3) is 0 Å². The van der Waals surface area contributed by atoms with Crippen LogP contribution in [-0.2, 0) is 0 Å². The zero-order chi connectivity index (χ0) is 23.2. The first-order valence-corrected chi connectivity index (χ1v) is 11.6. The van der Waals surface area contributed by atoms with Gasteiger partial charge in [-0.15, -0.1) is 0 Å².